The van der Waals surface area contributed by atoms with E-state index in [0.29, 0.717) is 15.9 Å². The monoisotopic (exact) mass is 403 g/mol. The van der Waals surface area contributed by atoms with E-state index < -0.39 is 0 Å². The molecular weight excluding hydrogens is 393 g/mol. The molecule has 2 nitrogen and oxygen atoms in total. The number of hydrogen-bond acceptors (Lipinski definition) is 2. The summed E-state index contributed by atoms with van der Waals surface area (Å²) in [6.07, 6.45) is 0. The Morgan fingerprint density at radius 3 is 2.37 bits per heavy atom. The van der Waals surface area contributed by atoms with E-state index >= 15 is 0 Å². The van der Waals surface area contributed by atoms with Gasteiger partial charge in [0.2, 0.25) is 0 Å². The van der Waals surface area contributed by atoms with Gasteiger partial charge in [-0.15, -0.1) is 17.0 Å². The molecule has 0 saturated heterocycles. The molecule has 2 aromatic rings. The van der Waals surface area contributed by atoms with Crippen molar-refractivity contribution in [2.75, 3.05) is 5.33 Å². The molecule has 0 spiro atoms. The lowest BCUT2D eigenvalue weighted by Crippen LogP contribution is -2.04. The highest BCUT2D eigenvalue weighted by atomic mass is 79.9. The smallest absolute Gasteiger partial charge is 0.175 e. The number of carbonyl (C=O) groups is 1. The summed E-state index contributed by atoms with van der Waals surface area (Å²) in [7, 11) is 0. The van der Waals surface area contributed by atoms with Crippen molar-refractivity contribution in [2.45, 2.75) is 6.92 Å². The van der Waals surface area contributed by atoms with Gasteiger partial charge in [0.05, 0.1) is 11.0 Å². The van der Waals surface area contributed by atoms with Gasteiger partial charge in [-0.1, -0.05) is 39.7 Å². The highest BCUT2D eigenvalue weighted by Gasteiger charge is 2.09. The number of ketones is 1. The van der Waals surface area contributed by atoms with Gasteiger partial charge < -0.3 is 0 Å². The summed E-state index contributed by atoms with van der Waals surface area (Å²) in [5.74, 6) is 0.0441. The molecule has 0 radical (unpaired) electrons. The number of alkyl halides is 1. The quantitative estimate of drug-likeness (QED) is 0.539. The Morgan fingerprint density at radius 1 is 1.21 bits per heavy atom. The van der Waals surface area contributed by atoms with Gasteiger partial charge in [0.1, 0.15) is 0 Å². The molecule has 0 unspecified atom stereocenters. The van der Waals surface area contributed by atoms with Crippen LogP contribution < -0.4 is 0 Å². The van der Waals surface area contributed by atoms with Crippen LogP contribution in [0.25, 0.3) is 11.3 Å². The molecular formula is C14H12Br2ClNO. The maximum atomic E-state index is 11.6. The van der Waals surface area contributed by atoms with E-state index in [4.69, 9.17) is 11.6 Å². The molecule has 0 amide bonds. The number of aryl methyl sites for hydroxylation is 1. The van der Waals surface area contributed by atoms with Crippen LogP contribution in [0.3, 0.4) is 0 Å². The normalized spacial score (nSPS) is 9.84. The summed E-state index contributed by atoms with van der Waals surface area (Å²) >= 11 is 9.01. The van der Waals surface area contributed by atoms with Crippen LogP contribution >= 0.6 is 44.5 Å². The largest absolute Gasteiger partial charge is 0.293 e. The number of pyridine rings is 1. The third-order valence-electron chi connectivity index (χ3n) is 2.65. The van der Waals surface area contributed by atoms with Gasteiger partial charge in [-0.3, -0.25) is 9.78 Å². The maximum Gasteiger partial charge on any atom is 0.175 e. The average molecular weight is 406 g/mol. The first kappa shape index (κ1) is 16.3. The number of halogens is 3. The van der Waals surface area contributed by atoms with Crippen molar-refractivity contribution < 1.29 is 4.79 Å². The molecule has 1 heterocycles. The number of benzene rings is 1. The van der Waals surface area contributed by atoms with Crippen LogP contribution in [0.5, 0.6) is 0 Å². The third-order valence-corrected chi connectivity index (χ3v) is 3.41. The fourth-order valence-corrected chi connectivity index (χ4v) is 2.14. The SMILES string of the molecule is Br.Cc1nc(-c2ccc(Cl)cc2)ccc1C(=O)CBr. The van der Waals surface area contributed by atoms with Gasteiger partial charge in [-0.05, 0) is 31.2 Å². The lowest BCUT2D eigenvalue weighted by molar-refractivity contribution is 0.102. The summed E-state index contributed by atoms with van der Waals surface area (Å²) in [4.78, 5) is 16.1. The van der Waals surface area contributed by atoms with Crippen molar-refractivity contribution in [1.82, 2.24) is 4.98 Å². The Kier molecular flexibility index (Phi) is 6.17. The standard InChI is InChI=1S/C14H11BrClNO.BrH/c1-9-12(14(18)8-15)6-7-13(17-9)10-2-4-11(16)5-3-10;/h2-7H,8H2,1H3;1H. The first-order chi connectivity index (χ1) is 8.61. The van der Waals surface area contributed by atoms with Crippen LogP contribution in [0, 0.1) is 6.92 Å². The lowest BCUT2D eigenvalue weighted by Gasteiger charge is -2.06. The van der Waals surface area contributed by atoms with Crippen molar-refractivity contribution in [3.8, 4) is 11.3 Å². The van der Waals surface area contributed by atoms with Crippen LogP contribution in [0.15, 0.2) is 36.4 Å². The Balaban J connectivity index is 0.00000180. The molecule has 2 rings (SSSR count). The molecule has 5 heteroatoms. The molecule has 19 heavy (non-hydrogen) atoms. The summed E-state index contributed by atoms with van der Waals surface area (Å²) in [5, 5.41) is 1.01. The van der Waals surface area contributed by atoms with Gasteiger partial charge in [0, 0.05) is 21.8 Å². The fourth-order valence-electron chi connectivity index (χ4n) is 1.71. The molecule has 0 aliphatic rings. The average Bonchev–Trinajstić information content (AvgIpc) is 2.38. The van der Waals surface area contributed by atoms with Crippen molar-refractivity contribution >= 4 is 50.3 Å². The summed E-state index contributed by atoms with van der Waals surface area (Å²) in [6, 6.07) is 11.1. The second-order valence-corrected chi connectivity index (χ2v) is 4.89. The van der Waals surface area contributed by atoms with Crippen molar-refractivity contribution in [3.63, 3.8) is 0 Å². The van der Waals surface area contributed by atoms with E-state index in [1.54, 1.807) is 0 Å². The number of aromatic nitrogens is 1. The molecule has 0 aliphatic heterocycles. The zero-order valence-corrected chi connectivity index (χ0v) is 14.2. The highest BCUT2D eigenvalue weighted by Crippen LogP contribution is 2.21. The maximum absolute atomic E-state index is 11.6. The molecule has 1 aromatic heterocycles. The van der Waals surface area contributed by atoms with E-state index in [1.807, 2.05) is 43.3 Å². The Bertz CT molecular complexity index is 584. The molecule has 1 aromatic carbocycles. The predicted octanol–water partition coefficient (Wildman–Crippen LogP) is 4.87. The predicted molar refractivity (Wildman–Crippen MR) is 87.9 cm³/mol. The zero-order chi connectivity index (χ0) is 13.1. The van der Waals surface area contributed by atoms with E-state index in [1.165, 1.54) is 0 Å². The van der Waals surface area contributed by atoms with Gasteiger partial charge in [0.25, 0.3) is 0 Å². The molecule has 0 bridgehead atoms. The molecule has 0 fully saturated rings. The second-order valence-electron chi connectivity index (χ2n) is 3.89. The minimum Gasteiger partial charge on any atom is -0.293 e. The van der Waals surface area contributed by atoms with Crippen LogP contribution in [-0.4, -0.2) is 16.1 Å². The fraction of sp³-hybridized carbons (Fsp3) is 0.143. The number of nitrogens with zero attached hydrogens (tertiary/aromatic N) is 1. The van der Waals surface area contributed by atoms with E-state index in [0.717, 1.165) is 17.0 Å². The first-order valence-corrected chi connectivity index (χ1v) is 6.94. The number of hydrogen-bond donors (Lipinski definition) is 0. The summed E-state index contributed by atoms with van der Waals surface area (Å²) in [6.45, 7) is 1.84. The van der Waals surface area contributed by atoms with E-state index in [2.05, 4.69) is 20.9 Å². The number of Topliss-reactive ketones (excluding diaryl/α,β-unsaturated/α-hetero) is 1. The second kappa shape index (κ2) is 7.17. The van der Waals surface area contributed by atoms with Crippen molar-refractivity contribution in [3.05, 3.63) is 52.7 Å². The molecule has 0 atom stereocenters. The van der Waals surface area contributed by atoms with Gasteiger partial charge in [0.15, 0.2) is 5.78 Å². The van der Waals surface area contributed by atoms with Crippen LogP contribution in [-0.2, 0) is 0 Å². The molecule has 0 N–H and O–H groups in total. The van der Waals surface area contributed by atoms with Crippen molar-refractivity contribution in [1.29, 1.82) is 0 Å². The topological polar surface area (TPSA) is 30.0 Å². The highest BCUT2D eigenvalue weighted by molar-refractivity contribution is 9.09. The number of carbonyl (C=O) groups excluding carboxylic acids is 1. The van der Waals surface area contributed by atoms with Gasteiger partial charge in [-0.25, -0.2) is 0 Å². The Labute approximate surface area is 136 Å². The number of rotatable bonds is 3. The van der Waals surface area contributed by atoms with Gasteiger partial charge in [-0.2, -0.15) is 0 Å². The third kappa shape index (κ3) is 3.88. The lowest BCUT2D eigenvalue weighted by atomic mass is 10.1. The Hall–Kier alpha value is -0.710. The van der Waals surface area contributed by atoms with E-state index in [-0.39, 0.29) is 22.8 Å². The van der Waals surface area contributed by atoms with Crippen molar-refractivity contribution in [2.24, 2.45) is 0 Å². The van der Waals surface area contributed by atoms with Crippen LogP contribution in [0.4, 0.5) is 0 Å². The summed E-state index contributed by atoms with van der Waals surface area (Å²) in [5.41, 5.74) is 3.23. The van der Waals surface area contributed by atoms with Crippen LogP contribution in [0.2, 0.25) is 5.02 Å². The molecule has 0 aliphatic carbocycles. The molecule has 0 saturated carbocycles. The minimum absolute atomic E-state index is 0. The Morgan fingerprint density at radius 2 is 1.84 bits per heavy atom. The molecule has 100 valence electrons. The first-order valence-electron chi connectivity index (χ1n) is 5.44. The minimum atomic E-state index is 0. The van der Waals surface area contributed by atoms with Crippen LogP contribution in [0.1, 0.15) is 16.1 Å². The zero-order valence-electron chi connectivity index (χ0n) is 10.2. The summed E-state index contributed by atoms with van der Waals surface area (Å²) < 4.78 is 0. The van der Waals surface area contributed by atoms with E-state index in [9.17, 15) is 4.79 Å². The van der Waals surface area contributed by atoms with Gasteiger partial charge >= 0.3 is 0 Å².